The van der Waals surface area contributed by atoms with Gasteiger partial charge in [0.15, 0.2) is 0 Å². The molecule has 3 aromatic rings. The minimum absolute atomic E-state index is 0.124. The van der Waals surface area contributed by atoms with Crippen molar-refractivity contribution in [1.29, 1.82) is 0 Å². The molecular formula is C16H15N3OS. The molecule has 0 radical (unpaired) electrons. The van der Waals surface area contributed by atoms with Crippen molar-refractivity contribution < 1.29 is 4.79 Å². The normalized spacial score (nSPS) is 15.4. The fraction of sp³-hybridized carbons (Fsp3) is 0.250. The molecule has 21 heavy (non-hydrogen) atoms. The van der Waals surface area contributed by atoms with E-state index in [0.717, 1.165) is 35.5 Å². The highest BCUT2D eigenvalue weighted by atomic mass is 32.1. The molecule has 0 unspecified atom stereocenters. The molecule has 1 N–H and O–H groups in total. The molecule has 1 saturated heterocycles. The average Bonchev–Trinajstić information content (AvgIpc) is 3.04. The summed E-state index contributed by atoms with van der Waals surface area (Å²) in [5, 5.41) is 3.84. The summed E-state index contributed by atoms with van der Waals surface area (Å²) in [5.74, 6) is 1.43. The van der Waals surface area contributed by atoms with E-state index in [1.54, 1.807) is 11.3 Å². The maximum absolute atomic E-state index is 12.2. The van der Waals surface area contributed by atoms with Crippen LogP contribution in [0.25, 0.3) is 11.0 Å². The fourth-order valence-electron chi connectivity index (χ4n) is 2.72. The number of rotatable bonds is 2. The fourth-order valence-corrected chi connectivity index (χ4v) is 3.35. The molecule has 1 amide bonds. The van der Waals surface area contributed by atoms with Crippen LogP contribution in [-0.4, -0.2) is 33.9 Å². The SMILES string of the molecule is Cc1ccc2nc(C3CN(C(=O)c4ccsc4)C3)[nH]c2c1. The highest BCUT2D eigenvalue weighted by molar-refractivity contribution is 7.08. The van der Waals surface area contributed by atoms with Crippen LogP contribution in [0.15, 0.2) is 35.0 Å². The summed E-state index contributed by atoms with van der Waals surface area (Å²) in [6, 6.07) is 8.10. The van der Waals surface area contributed by atoms with Gasteiger partial charge in [-0.05, 0) is 36.1 Å². The van der Waals surface area contributed by atoms with Gasteiger partial charge in [0.2, 0.25) is 0 Å². The van der Waals surface area contributed by atoms with Crippen LogP contribution < -0.4 is 0 Å². The lowest BCUT2D eigenvalue weighted by atomic mass is 9.98. The summed E-state index contributed by atoms with van der Waals surface area (Å²) in [4.78, 5) is 22.1. The Hall–Kier alpha value is -2.14. The Morgan fingerprint density at radius 1 is 1.38 bits per heavy atom. The molecule has 1 aliphatic heterocycles. The first-order valence-electron chi connectivity index (χ1n) is 6.98. The number of aryl methyl sites for hydroxylation is 1. The number of nitrogens with one attached hydrogen (secondary N) is 1. The Labute approximate surface area is 126 Å². The Kier molecular flexibility index (Phi) is 2.82. The van der Waals surface area contributed by atoms with Gasteiger partial charge in [0, 0.05) is 18.5 Å². The zero-order valence-electron chi connectivity index (χ0n) is 11.7. The van der Waals surface area contributed by atoms with Crippen LogP contribution in [-0.2, 0) is 0 Å². The van der Waals surface area contributed by atoms with Gasteiger partial charge in [-0.15, -0.1) is 0 Å². The number of benzene rings is 1. The van der Waals surface area contributed by atoms with Crippen LogP contribution in [0, 0.1) is 6.92 Å². The second-order valence-corrected chi connectivity index (χ2v) is 6.34. The smallest absolute Gasteiger partial charge is 0.254 e. The first-order chi connectivity index (χ1) is 10.2. The molecule has 0 atom stereocenters. The molecule has 3 heterocycles. The number of fused-ring (bicyclic) bond motifs is 1. The van der Waals surface area contributed by atoms with E-state index >= 15 is 0 Å². The standard InChI is InChI=1S/C16H15N3OS/c1-10-2-3-13-14(6-10)18-15(17-13)12-7-19(8-12)16(20)11-4-5-21-9-11/h2-6,9,12H,7-8H2,1H3,(H,17,18). The van der Waals surface area contributed by atoms with Crippen molar-refractivity contribution in [3.05, 3.63) is 52.0 Å². The van der Waals surface area contributed by atoms with Gasteiger partial charge in [0.05, 0.1) is 22.5 Å². The van der Waals surface area contributed by atoms with E-state index in [1.807, 2.05) is 27.8 Å². The molecule has 0 bridgehead atoms. The topological polar surface area (TPSA) is 49.0 Å². The number of thiophene rings is 1. The maximum atomic E-state index is 12.2. The van der Waals surface area contributed by atoms with Crippen molar-refractivity contribution in [1.82, 2.24) is 14.9 Å². The number of aromatic amines is 1. The van der Waals surface area contributed by atoms with Crippen molar-refractivity contribution in [2.45, 2.75) is 12.8 Å². The molecule has 5 heteroatoms. The molecule has 4 rings (SSSR count). The first kappa shape index (κ1) is 12.6. The molecular weight excluding hydrogens is 282 g/mol. The van der Waals surface area contributed by atoms with Crippen molar-refractivity contribution in [3.63, 3.8) is 0 Å². The quantitative estimate of drug-likeness (QED) is 0.790. The highest BCUT2D eigenvalue weighted by Crippen LogP contribution is 2.28. The van der Waals surface area contributed by atoms with E-state index in [0.29, 0.717) is 5.92 Å². The average molecular weight is 297 g/mol. The lowest BCUT2D eigenvalue weighted by molar-refractivity contribution is 0.0596. The van der Waals surface area contributed by atoms with Crippen LogP contribution in [0.5, 0.6) is 0 Å². The molecule has 1 aromatic carbocycles. The van der Waals surface area contributed by atoms with Gasteiger partial charge >= 0.3 is 0 Å². The third-order valence-electron chi connectivity index (χ3n) is 3.98. The molecule has 1 aliphatic rings. The number of H-pyrrole nitrogens is 1. The van der Waals surface area contributed by atoms with Crippen LogP contribution in [0.3, 0.4) is 0 Å². The maximum Gasteiger partial charge on any atom is 0.254 e. The second-order valence-electron chi connectivity index (χ2n) is 5.56. The number of imidazole rings is 1. The number of nitrogens with zero attached hydrogens (tertiary/aromatic N) is 2. The first-order valence-corrected chi connectivity index (χ1v) is 7.93. The van der Waals surface area contributed by atoms with E-state index < -0.39 is 0 Å². The van der Waals surface area contributed by atoms with Crippen LogP contribution in [0.4, 0.5) is 0 Å². The number of amides is 1. The van der Waals surface area contributed by atoms with Gasteiger partial charge in [-0.1, -0.05) is 6.07 Å². The van der Waals surface area contributed by atoms with Crippen molar-refractivity contribution >= 4 is 28.3 Å². The summed E-state index contributed by atoms with van der Waals surface area (Å²) >= 11 is 1.56. The summed E-state index contributed by atoms with van der Waals surface area (Å²) in [6.07, 6.45) is 0. The number of carbonyl (C=O) groups is 1. The molecule has 106 valence electrons. The number of hydrogen-bond donors (Lipinski definition) is 1. The lowest BCUT2D eigenvalue weighted by Crippen LogP contribution is -2.48. The molecule has 2 aromatic heterocycles. The third kappa shape index (κ3) is 2.14. The molecule has 4 nitrogen and oxygen atoms in total. The van der Waals surface area contributed by atoms with Gasteiger partial charge in [-0.25, -0.2) is 4.98 Å². The molecule has 0 aliphatic carbocycles. The molecule has 0 spiro atoms. The largest absolute Gasteiger partial charge is 0.342 e. The predicted molar refractivity (Wildman–Crippen MR) is 83.8 cm³/mol. The predicted octanol–water partition coefficient (Wildman–Crippen LogP) is 3.17. The van der Waals surface area contributed by atoms with Crippen molar-refractivity contribution in [3.8, 4) is 0 Å². The van der Waals surface area contributed by atoms with Crippen LogP contribution in [0.2, 0.25) is 0 Å². The van der Waals surface area contributed by atoms with E-state index in [9.17, 15) is 4.79 Å². The molecule has 0 saturated carbocycles. The Balaban J connectivity index is 1.50. The monoisotopic (exact) mass is 297 g/mol. The van der Waals surface area contributed by atoms with Gasteiger partial charge in [0.1, 0.15) is 5.82 Å². The Morgan fingerprint density at radius 3 is 3.00 bits per heavy atom. The van der Waals surface area contributed by atoms with E-state index in [2.05, 4.69) is 29.0 Å². The van der Waals surface area contributed by atoms with Gasteiger partial charge in [-0.2, -0.15) is 11.3 Å². The highest BCUT2D eigenvalue weighted by Gasteiger charge is 2.34. The van der Waals surface area contributed by atoms with Gasteiger partial charge < -0.3 is 9.88 Å². The van der Waals surface area contributed by atoms with Gasteiger partial charge in [0.25, 0.3) is 5.91 Å². The Morgan fingerprint density at radius 2 is 2.24 bits per heavy atom. The molecule has 1 fully saturated rings. The minimum Gasteiger partial charge on any atom is -0.342 e. The minimum atomic E-state index is 0.124. The Bertz CT molecular complexity index is 800. The summed E-state index contributed by atoms with van der Waals surface area (Å²) in [5.41, 5.74) is 4.09. The number of aromatic nitrogens is 2. The van der Waals surface area contributed by atoms with Crippen LogP contribution in [0.1, 0.15) is 27.7 Å². The van der Waals surface area contributed by atoms with E-state index in [4.69, 9.17) is 0 Å². The zero-order valence-corrected chi connectivity index (χ0v) is 12.5. The second kappa shape index (κ2) is 4.70. The van der Waals surface area contributed by atoms with Crippen LogP contribution >= 0.6 is 11.3 Å². The summed E-state index contributed by atoms with van der Waals surface area (Å²) in [6.45, 7) is 3.56. The summed E-state index contributed by atoms with van der Waals surface area (Å²) < 4.78 is 0. The number of hydrogen-bond acceptors (Lipinski definition) is 3. The van der Waals surface area contributed by atoms with Gasteiger partial charge in [-0.3, -0.25) is 4.79 Å². The lowest BCUT2D eigenvalue weighted by Gasteiger charge is -2.38. The van der Waals surface area contributed by atoms with E-state index in [-0.39, 0.29) is 5.91 Å². The zero-order chi connectivity index (χ0) is 14.4. The van der Waals surface area contributed by atoms with E-state index in [1.165, 1.54) is 5.56 Å². The van der Waals surface area contributed by atoms with Crippen molar-refractivity contribution in [2.24, 2.45) is 0 Å². The summed E-state index contributed by atoms with van der Waals surface area (Å²) in [7, 11) is 0. The number of carbonyl (C=O) groups excluding carboxylic acids is 1. The van der Waals surface area contributed by atoms with Crippen molar-refractivity contribution in [2.75, 3.05) is 13.1 Å². The third-order valence-corrected chi connectivity index (χ3v) is 4.66. The number of likely N-dealkylation sites (tertiary alicyclic amines) is 1.